The second kappa shape index (κ2) is 79.6. The zero-order valence-electron chi connectivity index (χ0n) is 79.1. The molecule has 17 N–H and O–H groups in total. The first-order valence-electron chi connectivity index (χ1n) is 39.7. The summed E-state index contributed by atoms with van der Waals surface area (Å²) in [6.45, 7) is 25.6. The number of phenols is 5. The molecule has 6 amide bonds. The number of amides is 6. The average Bonchev–Trinajstić information content (AvgIpc) is 1.73. The van der Waals surface area contributed by atoms with Crippen molar-refractivity contribution in [2.24, 2.45) is 22.9 Å². The van der Waals surface area contributed by atoms with E-state index in [1.807, 2.05) is 13.8 Å². The van der Waals surface area contributed by atoms with Gasteiger partial charge in [-0.1, -0.05) is 87.7 Å². The molecule has 2 aliphatic heterocycles. The molecule has 4 unspecified atom stereocenters. The standard InChI is InChI=1S/C19H27N2O6.C14H19N2O4.C12H16NO3.C11H16N2O6.C10H10NO2.C10H7O2.C8H7O2.C7H5O2.CH5N.CH4.2ClH.7Y.H2/c1-6-26-16(23)10-14(13-9-7-8-12(2)17(13)24)21-15(22)11-20-18(25)27-19(3,4)5;1-3-20-13(18)7-11(16-12(17)8-15)10-6-4-5-9(2)14(10)19;1-3-16-11(14)7-10(13)9-6-4-5-8(2)12(9)15;1-11(2,3)18-10(17)12-6-9(16)19-13-7(14)4-5-8(13)15;1-6-3-2-4-7-8(11)5-9(12)13-10(6)7;1-7-3-2-4-8-5-6-9(11)12-10(7)8;1-6-3-2-4-7(5-9)8(6)10;8-5-6-3-1-2-4-7(6)9;1-2;;;;;;;;;;;/h8-9,14,24H,6,10-11H2,1-5H3,(H,20,25)(H,21,22);5-6,11,19H,3,7-8,15H2,1-2H3,(H,16,17);5-6,10,15H,3,7,13H2,1-2H3;4-6H2,1-3H3,(H,12,17);3-4,8H,5,11H2,1H3;3-6H,1H3;3-5,10H,1H3;2-5,9H;2H2,1H3;1H4;2*1H;;;;;;;;1H/q3*-1;;4*-1;;;;;;;;;;;;/i;;;;;;;;;;;;;;;;;;;1+1. The predicted octanol–water partition coefficient (Wildman–Crippen LogP) is 10.9. The molecule has 741 valence electrons. The van der Waals surface area contributed by atoms with Crippen LogP contribution in [0, 0.1) is 84.0 Å². The second-order valence-corrected chi connectivity index (χ2v) is 29.2. The van der Waals surface area contributed by atoms with Crippen molar-refractivity contribution < 1.29 is 356 Å². The number of aryl methyl sites for hydroxylation is 6. The number of phenolic OH excluding ortho intramolecular Hbond substituents is 5. The number of halogens is 2. The van der Waals surface area contributed by atoms with Crippen molar-refractivity contribution in [2.45, 2.75) is 185 Å². The minimum atomic E-state index is -0.922. The van der Waals surface area contributed by atoms with Crippen molar-refractivity contribution in [1.29, 1.82) is 0 Å². The van der Waals surface area contributed by atoms with Gasteiger partial charge in [0, 0.05) is 301 Å². The zero-order chi connectivity index (χ0) is 96.7. The molecule has 4 atom stereocenters. The van der Waals surface area contributed by atoms with Crippen LogP contribution in [0.4, 0.5) is 9.59 Å². The van der Waals surface area contributed by atoms with Crippen LogP contribution >= 0.6 is 24.8 Å². The molecule has 0 bridgehead atoms. The van der Waals surface area contributed by atoms with E-state index in [4.69, 9.17) is 60.3 Å². The smallest absolute Gasteiger partial charge is 0.408 e. The molecular formula is C93H120Cl2N9O27Y7-7. The number of rotatable bonds is 22. The topological polar surface area (TPSA) is 573 Å². The van der Waals surface area contributed by atoms with E-state index in [0.717, 1.165) is 22.1 Å². The number of imide groups is 1. The number of hydrogen-bond acceptors (Lipinski definition) is 31. The fourth-order valence-corrected chi connectivity index (χ4v) is 10.5. The third-order valence-corrected chi connectivity index (χ3v) is 16.6. The van der Waals surface area contributed by atoms with Crippen molar-refractivity contribution >= 4 is 114 Å². The first-order valence-corrected chi connectivity index (χ1v) is 39.7. The SMILES string of the molecule is C.CC(C)(C)OC(=O)NCC(=O)ON1C(=O)CCC1=O.CCOC(=O)CC(N)c1c[c-]cc(C)c1O.CCOC(=O)CC(NC(=O)CN)c1c[c-]cc(C)c1O.CCOC(=O)CC(NC(=O)CNC(=O)OC(C)(C)C)c1c[c-]cc(C)c1O.CN.Cc1c[c-]cc(C=O)c1O.Cc1c[c-]cc2c1OC(=O)CC2N.Cc1c[c-]cc2ccc(=O)oc12.Cl.Cl.O=Cc1c[c-]ccc1O.[2HH].[Y].[Y].[Y].[Y].[Y].[Y].[Y]. The number of hydrogen-bond donors (Lipinski definition) is 13. The Bertz CT molecular complexity index is 5160. The molecule has 36 nitrogen and oxygen atoms in total. The molecule has 138 heavy (non-hydrogen) atoms. The van der Waals surface area contributed by atoms with Crippen LogP contribution in [0.15, 0.2) is 112 Å². The first-order chi connectivity index (χ1) is 60.3. The molecule has 2 aliphatic rings. The monoisotopic (exact) mass is 2490 g/mol. The van der Waals surface area contributed by atoms with Gasteiger partial charge in [0.1, 0.15) is 17.7 Å². The Balaban J connectivity index is -0.000000172. The van der Waals surface area contributed by atoms with E-state index in [1.54, 1.807) is 157 Å². The number of aromatic hydroxyl groups is 5. The molecule has 10 rings (SSSR count). The molecule has 7 aromatic carbocycles. The number of nitrogens with two attached hydrogens (primary N) is 4. The van der Waals surface area contributed by atoms with E-state index in [2.05, 4.69) is 74.3 Å². The molecule has 45 heteroatoms. The Morgan fingerprint density at radius 3 is 1.33 bits per heavy atom. The van der Waals surface area contributed by atoms with Gasteiger partial charge < -0.3 is 117 Å². The summed E-state index contributed by atoms with van der Waals surface area (Å²) in [5, 5.41) is 59.1. The maximum Gasteiger partial charge on any atom is 0.408 e. The van der Waals surface area contributed by atoms with Gasteiger partial charge in [0.2, 0.25) is 11.8 Å². The summed E-state index contributed by atoms with van der Waals surface area (Å²) in [5.74, 6) is -3.86. The van der Waals surface area contributed by atoms with Crippen molar-refractivity contribution in [1.82, 2.24) is 26.3 Å². The number of ether oxygens (including phenoxy) is 6. The largest absolute Gasteiger partial charge is 0.533 e. The van der Waals surface area contributed by atoms with Crippen LogP contribution < -0.4 is 54.6 Å². The van der Waals surface area contributed by atoms with Gasteiger partial charge >= 0.3 is 47.7 Å². The van der Waals surface area contributed by atoms with Crippen LogP contribution in [0.5, 0.6) is 34.5 Å². The third-order valence-electron chi connectivity index (χ3n) is 16.6. The minimum absolute atomic E-state index is 0. The summed E-state index contributed by atoms with van der Waals surface area (Å²) in [6.07, 6.45) is -0.221. The number of nitrogens with one attached hydrogen (secondary N) is 4. The molecule has 1 aromatic heterocycles. The summed E-state index contributed by atoms with van der Waals surface area (Å²) >= 11 is 0. The van der Waals surface area contributed by atoms with E-state index in [0.29, 0.717) is 80.1 Å². The maximum atomic E-state index is 12.2. The van der Waals surface area contributed by atoms with Crippen molar-refractivity contribution in [3.63, 3.8) is 0 Å². The number of benzene rings is 7. The van der Waals surface area contributed by atoms with Gasteiger partial charge in [0.05, 0.1) is 71.2 Å². The van der Waals surface area contributed by atoms with Gasteiger partial charge in [-0.05, 0) is 81.4 Å². The van der Waals surface area contributed by atoms with E-state index < -0.39 is 89.6 Å². The van der Waals surface area contributed by atoms with E-state index in [1.165, 1.54) is 43.4 Å². The summed E-state index contributed by atoms with van der Waals surface area (Å²) in [5.41, 5.74) is 27.4. The molecule has 1 saturated heterocycles. The number of alkyl carbamates (subject to hydrolysis) is 2. The number of esters is 4. The van der Waals surface area contributed by atoms with Gasteiger partial charge in [-0.25, -0.2) is 19.2 Å². The van der Waals surface area contributed by atoms with Gasteiger partial charge in [0.15, 0.2) is 0 Å². The summed E-state index contributed by atoms with van der Waals surface area (Å²) in [7, 11) is 1.50. The number of aldehydes is 2. The number of fused-ring (bicyclic) bond motifs is 2. The third kappa shape index (κ3) is 57.6. The second-order valence-electron chi connectivity index (χ2n) is 29.2. The quantitative estimate of drug-likeness (QED) is 0.00570. The molecule has 3 heterocycles. The van der Waals surface area contributed by atoms with Crippen LogP contribution in [0.25, 0.3) is 11.0 Å². The van der Waals surface area contributed by atoms with Crippen LogP contribution in [-0.2, 0) is 301 Å². The zero-order valence-corrected chi connectivity index (χ0v) is 101. The minimum Gasteiger partial charge on any atom is -0.533 e. The number of hydroxylamine groups is 2. The van der Waals surface area contributed by atoms with Gasteiger partial charge in [0.25, 0.3) is 11.8 Å². The van der Waals surface area contributed by atoms with E-state index in [-0.39, 0.29) is 385 Å². The van der Waals surface area contributed by atoms with Crippen molar-refractivity contribution in [3.8, 4) is 34.5 Å². The summed E-state index contributed by atoms with van der Waals surface area (Å²) in [4.78, 5) is 162. The Hall–Kier alpha value is -5.79. The Kier molecular flexibility index (Phi) is 86.4. The van der Waals surface area contributed by atoms with Crippen LogP contribution in [0.3, 0.4) is 0 Å². The number of carbonyl (C=O) groups is 13. The van der Waals surface area contributed by atoms with Crippen molar-refractivity contribution in [3.05, 3.63) is 223 Å². The molecule has 1 fully saturated rings. The van der Waals surface area contributed by atoms with Crippen LogP contribution in [0.2, 0.25) is 0 Å². The molecule has 0 aliphatic carbocycles. The fourth-order valence-electron chi connectivity index (χ4n) is 10.5. The predicted molar refractivity (Wildman–Crippen MR) is 488 cm³/mol. The van der Waals surface area contributed by atoms with E-state index >= 15 is 0 Å². The Labute approximate surface area is 995 Å². The first kappa shape index (κ1) is 150. The average molecular weight is 2490 g/mol. The maximum absolute atomic E-state index is 12.2. The normalized spacial score (nSPS) is 11.8. The summed E-state index contributed by atoms with van der Waals surface area (Å²) in [6, 6.07) is 44.8. The van der Waals surface area contributed by atoms with Gasteiger partial charge in [-0.15, -0.1) is 75.4 Å². The van der Waals surface area contributed by atoms with Gasteiger partial charge in [-0.3, -0.25) is 38.4 Å². The molecular weight excluding hydrogens is 2370 g/mol. The van der Waals surface area contributed by atoms with E-state index in [9.17, 15) is 82.4 Å². The van der Waals surface area contributed by atoms with Crippen LogP contribution in [-0.4, -0.2) is 167 Å². The number of nitrogens with zero attached hydrogens (tertiary/aromatic N) is 1. The Morgan fingerprint density at radius 1 is 0.514 bits per heavy atom. The van der Waals surface area contributed by atoms with Crippen LogP contribution in [0.1, 0.15) is 210 Å². The molecule has 7 radical (unpaired) electrons. The molecule has 8 aromatic rings. The Morgan fingerprint density at radius 2 is 0.906 bits per heavy atom. The van der Waals surface area contributed by atoms with Gasteiger partial charge in [-0.2, -0.15) is 127 Å². The molecule has 0 saturated carbocycles. The van der Waals surface area contributed by atoms with Crippen molar-refractivity contribution in [2.75, 3.05) is 46.5 Å². The summed E-state index contributed by atoms with van der Waals surface area (Å²) < 4.78 is 34.7. The fraction of sp³-hybridized carbons (Fsp3) is 0.376. The molecule has 0 spiro atoms. The number of carbonyl (C=O) groups excluding carboxylic acids is 13.